The number of rotatable bonds is 6. The fraction of sp³-hybridized carbons (Fsp3) is 0.333. The molecule has 158 valence electrons. The highest BCUT2D eigenvalue weighted by molar-refractivity contribution is 5.54. The number of fused-ring (bicyclic) bond motifs is 1. The Bertz CT molecular complexity index is 989. The van der Waals surface area contributed by atoms with Gasteiger partial charge in [0.05, 0.1) is 12.1 Å². The Morgan fingerprint density at radius 1 is 1.07 bits per heavy atom. The van der Waals surface area contributed by atoms with E-state index in [4.69, 9.17) is 14.0 Å². The van der Waals surface area contributed by atoms with E-state index >= 15 is 0 Å². The lowest BCUT2D eigenvalue weighted by molar-refractivity contribution is -0.137. The first kappa shape index (κ1) is 20.2. The fourth-order valence-corrected chi connectivity index (χ4v) is 3.18. The topological polar surface area (TPSA) is 60.6 Å². The molecule has 30 heavy (non-hydrogen) atoms. The summed E-state index contributed by atoms with van der Waals surface area (Å²) in [7, 11) is 0. The summed E-state index contributed by atoms with van der Waals surface area (Å²) in [5, 5.41) is 3.89. The van der Waals surface area contributed by atoms with Crippen molar-refractivity contribution >= 4 is 0 Å². The first-order valence-electron chi connectivity index (χ1n) is 9.53. The highest BCUT2D eigenvalue weighted by Crippen LogP contribution is 2.32. The van der Waals surface area contributed by atoms with Gasteiger partial charge in [-0.3, -0.25) is 4.90 Å². The molecule has 1 unspecified atom stereocenters. The van der Waals surface area contributed by atoms with Gasteiger partial charge in [-0.2, -0.15) is 18.2 Å². The first-order chi connectivity index (χ1) is 14.4. The SMILES string of the molecule is CCN(Cc1nc(-c2ccc(C(F)(F)F)cc2)no1)CC1COc2ccccc2O1. The van der Waals surface area contributed by atoms with Crippen LogP contribution in [0.25, 0.3) is 11.4 Å². The van der Waals surface area contributed by atoms with Crippen molar-refractivity contribution in [1.82, 2.24) is 15.0 Å². The molecule has 0 spiro atoms. The van der Waals surface area contributed by atoms with Gasteiger partial charge in [-0.05, 0) is 30.8 Å². The lowest BCUT2D eigenvalue weighted by Gasteiger charge is -2.30. The van der Waals surface area contributed by atoms with Crippen LogP contribution in [0.3, 0.4) is 0 Å². The van der Waals surface area contributed by atoms with Crippen LogP contribution in [0.5, 0.6) is 11.5 Å². The predicted molar refractivity (Wildman–Crippen MR) is 102 cm³/mol. The van der Waals surface area contributed by atoms with Gasteiger partial charge in [-0.25, -0.2) is 0 Å². The number of halogens is 3. The van der Waals surface area contributed by atoms with Gasteiger partial charge in [0.15, 0.2) is 11.5 Å². The minimum absolute atomic E-state index is 0.142. The Morgan fingerprint density at radius 3 is 2.50 bits per heavy atom. The number of hydrogen-bond acceptors (Lipinski definition) is 6. The van der Waals surface area contributed by atoms with Gasteiger partial charge < -0.3 is 14.0 Å². The lowest BCUT2D eigenvalue weighted by atomic mass is 10.1. The van der Waals surface area contributed by atoms with Crippen molar-refractivity contribution in [3.05, 3.63) is 60.0 Å². The van der Waals surface area contributed by atoms with E-state index in [1.807, 2.05) is 31.2 Å². The van der Waals surface area contributed by atoms with Crippen molar-refractivity contribution in [2.75, 3.05) is 19.7 Å². The summed E-state index contributed by atoms with van der Waals surface area (Å²) in [5.41, 5.74) is -0.259. The second kappa shape index (κ2) is 8.35. The maximum Gasteiger partial charge on any atom is 0.416 e. The molecule has 3 aromatic rings. The first-order valence-corrected chi connectivity index (χ1v) is 9.53. The molecule has 0 bridgehead atoms. The van der Waals surface area contributed by atoms with Gasteiger partial charge in [0.25, 0.3) is 0 Å². The molecule has 2 aromatic carbocycles. The fourth-order valence-electron chi connectivity index (χ4n) is 3.18. The predicted octanol–water partition coefficient (Wildman–Crippen LogP) is 4.42. The summed E-state index contributed by atoms with van der Waals surface area (Å²) in [6, 6.07) is 12.2. The third kappa shape index (κ3) is 4.56. The number of aromatic nitrogens is 2. The van der Waals surface area contributed by atoms with Crippen LogP contribution < -0.4 is 9.47 Å². The van der Waals surface area contributed by atoms with E-state index in [2.05, 4.69) is 15.0 Å². The van der Waals surface area contributed by atoms with Crippen LogP contribution in [-0.2, 0) is 12.7 Å². The van der Waals surface area contributed by atoms with Crippen LogP contribution in [-0.4, -0.2) is 40.8 Å². The number of benzene rings is 2. The minimum atomic E-state index is -4.38. The van der Waals surface area contributed by atoms with E-state index in [1.54, 1.807) is 0 Å². The number of nitrogens with zero attached hydrogens (tertiary/aromatic N) is 3. The van der Waals surface area contributed by atoms with Crippen LogP contribution in [0.1, 0.15) is 18.4 Å². The summed E-state index contributed by atoms with van der Waals surface area (Å²) in [4.78, 5) is 6.39. The molecule has 1 aliphatic heterocycles. The number of alkyl halides is 3. The number of hydrogen-bond donors (Lipinski definition) is 0. The van der Waals surface area contributed by atoms with Gasteiger partial charge in [0.1, 0.15) is 12.7 Å². The zero-order valence-electron chi connectivity index (χ0n) is 16.2. The second-order valence-corrected chi connectivity index (χ2v) is 6.91. The molecule has 0 N–H and O–H groups in total. The molecule has 1 aliphatic rings. The second-order valence-electron chi connectivity index (χ2n) is 6.91. The quantitative estimate of drug-likeness (QED) is 0.590. The lowest BCUT2D eigenvalue weighted by Crippen LogP contribution is -2.40. The minimum Gasteiger partial charge on any atom is -0.486 e. The molecule has 1 aromatic heterocycles. The molecule has 9 heteroatoms. The summed E-state index contributed by atoms with van der Waals surface area (Å²) in [5.74, 6) is 2.08. The molecule has 0 radical (unpaired) electrons. The third-order valence-electron chi connectivity index (χ3n) is 4.77. The van der Waals surface area contributed by atoms with Crippen molar-refractivity contribution in [3.8, 4) is 22.9 Å². The maximum atomic E-state index is 12.7. The number of para-hydroxylation sites is 2. The summed E-state index contributed by atoms with van der Waals surface area (Å²) >= 11 is 0. The van der Waals surface area contributed by atoms with Crippen molar-refractivity contribution in [2.24, 2.45) is 0 Å². The highest BCUT2D eigenvalue weighted by atomic mass is 19.4. The molecule has 0 aliphatic carbocycles. The zero-order chi connectivity index (χ0) is 21.1. The Labute approximate surface area is 171 Å². The van der Waals surface area contributed by atoms with E-state index in [0.717, 1.165) is 24.4 Å². The van der Waals surface area contributed by atoms with Crippen molar-refractivity contribution in [1.29, 1.82) is 0 Å². The van der Waals surface area contributed by atoms with Crippen LogP contribution in [0.4, 0.5) is 13.2 Å². The molecule has 6 nitrogen and oxygen atoms in total. The number of likely N-dealkylation sites (N-methyl/N-ethyl adjacent to an activating group) is 1. The van der Waals surface area contributed by atoms with Crippen LogP contribution in [0.2, 0.25) is 0 Å². The Hall–Kier alpha value is -3.07. The summed E-state index contributed by atoms with van der Waals surface area (Å²) in [6.45, 7) is 4.16. The van der Waals surface area contributed by atoms with E-state index in [-0.39, 0.29) is 11.9 Å². The van der Waals surface area contributed by atoms with Crippen LogP contribution in [0, 0.1) is 0 Å². The van der Waals surface area contributed by atoms with Crippen molar-refractivity contribution in [3.63, 3.8) is 0 Å². The highest BCUT2D eigenvalue weighted by Gasteiger charge is 2.30. The molecule has 2 heterocycles. The average molecular weight is 419 g/mol. The third-order valence-corrected chi connectivity index (χ3v) is 4.77. The van der Waals surface area contributed by atoms with Gasteiger partial charge in [0, 0.05) is 12.1 Å². The van der Waals surface area contributed by atoms with E-state index in [9.17, 15) is 13.2 Å². The van der Waals surface area contributed by atoms with Crippen LogP contribution >= 0.6 is 0 Å². The smallest absolute Gasteiger partial charge is 0.416 e. The van der Waals surface area contributed by atoms with E-state index < -0.39 is 11.7 Å². The van der Waals surface area contributed by atoms with E-state index in [1.165, 1.54) is 12.1 Å². The molecule has 0 saturated heterocycles. The van der Waals surface area contributed by atoms with Crippen molar-refractivity contribution in [2.45, 2.75) is 25.7 Å². The molecule has 0 fully saturated rings. The maximum absolute atomic E-state index is 12.7. The summed E-state index contributed by atoms with van der Waals surface area (Å²) < 4.78 is 55.2. The van der Waals surface area contributed by atoms with Gasteiger partial charge in [0.2, 0.25) is 11.7 Å². The molecular formula is C21H20F3N3O3. The standard InChI is InChI=1S/C21H20F3N3O3/c1-2-27(11-16-13-28-17-5-3-4-6-18(17)29-16)12-19-25-20(26-30-19)14-7-9-15(10-8-14)21(22,23)24/h3-10,16H,2,11-13H2,1H3. The van der Waals surface area contributed by atoms with Gasteiger partial charge in [-0.1, -0.05) is 36.3 Å². The zero-order valence-corrected chi connectivity index (χ0v) is 16.2. The molecule has 0 amide bonds. The summed E-state index contributed by atoms with van der Waals surface area (Å²) in [6.07, 6.45) is -4.52. The van der Waals surface area contributed by atoms with Gasteiger partial charge >= 0.3 is 6.18 Å². The van der Waals surface area contributed by atoms with Crippen LogP contribution in [0.15, 0.2) is 53.1 Å². The monoisotopic (exact) mass is 419 g/mol. The van der Waals surface area contributed by atoms with Crippen molar-refractivity contribution < 1.29 is 27.2 Å². The van der Waals surface area contributed by atoms with E-state index in [0.29, 0.717) is 36.9 Å². The normalized spacial score (nSPS) is 16.1. The molecule has 0 saturated carbocycles. The molecule has 1 atom stereocenters. The Kier molecular flexibility index (Phi) is 5.63. The number of ether oxygens (including phenoxy) is 2. The Morgan fingerprint density at radius 2 is 1.80 bits per heavy atom. The molecular weight excluding hydrogens is 399 g/mol. The van der Waals surface area contributed by atoms with Gasteiger partial charge in [-0.15, -0.1) is 0 Å². The largest absolute Gasteiger partial charge is 0.486 e. The Balaban J connectivity index is 1.39. The molecule has 4 rings (SSSR count). The average Bonchev–Trinajstić information content (AvgIpc) is 3.21.